The maximum atomic E-state index is 14.3. The first kappa shape index (κ1) is 35.1. The first-order valence-corrected chi connectivity index (χ1v) is 18.2. The quantitative estimate of drug-likeness (QED) is 0.221. The first-order chi connectivity index (χ1) is 22.5. The number of carbonyl (C=O) groups excluding carboxylic acids is 6. The molecule has 11 nitrogen and oxygen atoms in total. The van der Waals surface area contributed by atoms with Gasteiger partial charge in [0.2, 0.25) is 17.6 Å². The van der Waals surface area contributed by atoms with E-state index in [4.69, 9.17) is 0 Å². The molecule has 4 N–H and O–H groups in total. The second kappa shape index (κ2) is 15.3. The van der Waals surface area contributed by atoms with Gasteiger partial charge < -0.3 is 26.2 Å². The third-order valence-corrected chi connectivity index (χ3v) is 11.6. The number of hydrogen-bond donors (Lipinski definition) is 4. The summed E-state index contributed by atoms with van der Waals surface area (Å²) in [6.45, 7) is 8.28. The minimum atomic E-state index is -0.990. The summed E-state index contributed by atoms with van der Waals surface area (Å²) < 4.78 is 0. The fourth-order valence-electron chi connectivity index (χ4n) is 8.46. The van der Waals surface area contributed by atoms with Gasteiger partial charge in [-0.25, -0.2) is 4.79 Å². The Bertz CT molecular complexity index is 1220. The number of rotatable bonds is 9. The molecule has 5 amide bonds. The summed E-state index contributed by atoms with van der Waals surface area (Å²) >= 11 is 0. The highest BCUT2D eigenvalue weighted by Gasteiger charge is 2.69. The highest BCUT2D eigenvalue weighted by molar-refractivity contribution is 6.38. The molecule has 3 aliphatic carbocycles. The van der Waals surface area contributed by atoms with Gasteiger partial charge in [0.1, 0.15) is 12.1 Å². The summed E-state index contributed by atoms with van der Waals surface area (Å²) in [6, 6.07) is -3.69. The molecule has 260 valence electrons. The van der Waals surface area contributed by atoms with Crippen LogP contribution in [0.15, 0.2) is 12.7 Å². The standard InChI is InChI=1S/C36H55N5O6/c1-4-20-37-33(45)31(43)25-16-12-7-5-6-8-13-17-26(34(46)41-21-24-27(36(24,2)3)29(41)32(44)38-25)39-35(47)40-28(30(42)23-18-19-23)22-14-10-9-11-15-22/h4,22-29H,1,5-21H2,2-3H3,(H,37,45)(H,38,44)(H2,39,40,47)/t24-,25-,26-,27-,28-,29-/m0/s1. The SMILES string of the molecule is C=CCNC(=O)C(=O)[C@@H]1CCCCCCCC[C@H](NC(=O)N[C@H](C(=O)C2CC2)C2CCCCC2)C(=O)N2C[C@H]3[C@@H]([C@H]2C(=O)N1)C3(C)C. The number of piperidine rings is 1. The maximum Gasteiger partial charge on any atom is 0.316 e. The summed E-state index contributed by atoms with van der Waals surface area (Å²) in [6.07, 6.45) is 14.1. The van der Waals surface area contributed by atoms with Crippen molar-refractivity contribution in [3.8, 4) is 0 Å². The Kier molecular flexibility index (Phi) is 11.4. The van der Waals surface area contributed by atoms with Gasteiger partial charge in [-0.15, -0.1) is 6.58 Å². The van der Waals surface area contributed by atoms with Crippen molar-refractivity contribution in [2.75, 3.05) is 13.1 Å². The zero-order valence-electron chi connectivity index (χ0n) is 28.3. The minimum absolute atomic E-state index is 0.0185. The number of nitrogens with one attached hydrogen (secondary N) is 4. The average molecular weight is 654 g/mol. The molecule has 0 spiro atoms. The summed E-state index contributed by atoms with van der Waals surface area (Å²) in [5.74, 6) is -1.94. The summed E-state index contributed by atoms with van der Waals surface area (Å²) in [4.78, 5) is 82.5. The fourth-order valence-corrected chi connectivity index (χ4v) is 8.46. The van der Waals surface area contributed by atoms with Crippen LogP contribution in [0.4, 0.5) is 4.79 Å². The second-order valence-electron chi connectivity index (χ2n) is 15.2. The largest absolute Gasteiger partial charge is 0.346 e. The van der Waals surface area contributed by atoms with Gasteiger partial charge in [0.15, 0.2) is 5.78 Å². The van der Waals surface area contributed by atoms with Crippen LogP contribution in [0.3, 0.4) is 0 Å². The number of carbonyl (C=O) groups is 6. The highest BCUT2D eigenvalue weighted by Crippen LogP contribution is 2.65. The lowest BCUT2D eigenvalue weighted by molar-refractivity contribution is -0.144. The van der Waals surface area contributed by atoms with Crippen molar-refractivity contribution in [2.45, 2.75) is 134 Å². The summed E-state index contributed by atoms with van der Waals surface area (Å²) in [5, 5.41) is 11.3. The minimum Gasteiger partial charge on any atom is -0.346 e. The van der Waals surface area contributed by atoms with Gasteiger partial charge in [0.05, 0.1) is 12.1 Å². The smallest absolute Gasteiger partial charge is 0.316 e. The lowest BCUT2D eigenvalue weighted by Crippen LogP contribution is -2.59. The molecular formula is C36H55N5O6. The third kappa shape index (κ3) is 8.26. The van der Waals surface area contributed by atoms with Crippen molar-refractivity contribution in [1.29, 1.82) is 0 Å². The number of urea groups is 1. The maximum absolute atomic E-state index is 14.3. The molecule has 5 aliphatic rings. The molecule has 2 heterocycles. The van der Waals surface area contributed by atoms with Gasteiger partial charge in [0.25, 0.3) is 5.91 Å². The summed E-state index contributed by atoms with van der Waals surface area (Å²) in [7, 11) is 0. The van der Waals surface area contributed by atoms with Crippen LogP contribution in [-0.2, 0) is 24.0 Å². The van der Waals surface area contributed by atoms with Crippen LogP contribution < -0.4 is 21.3 Å². The van der Waals surface area contributed by atoms with Gasteiger partial charge in [0, 0.05) is 19.0 Å². The van der Waals surface area contributed by atoms with E-state index in [0.717, 1.165) is 77.0 Å². The van der Waals surface area contributed by atoms with E-state index < -0.39 is 47.8 Å². The third-order valence-electron chi connectivity index (χ3n) is 11.6. The number of hydrogen-bond acceptors (Lipinski definition) is 6. The van der Waals surface area contributed by atoms with Gasteiger partial charge >= 0.3 is 6.03 Å². The highest BCUT2D eigenvalue weighted by atomic mass is 16.2. The van der Waals surface area contributed by atoms with Crippen molar-refractivity contribution in [1.82, 2.24) is 26.2 Å². The van der Waals surface area contributed by atoms with Gasteiger partial charge in [-0.05, 0) is 61.7 Å². The molecule has 0 unspecified atom stereocenters. The topological polar surface area (TPSA) is 154 Å². The van der Waals surface area contributed by atoms with E-state index in [1.807, 2.05) is 0 Å². The number of ketones is 2. The van der Waals surface area contributed by atoms with E-state index in [1.54, 1.807) is 4.90 Å². The van der Waals surface area contributed by atoms with Gasteiger partial charge in [-0.3, -0.25) is 24.0 Å². The number of amides is 5. The molecule has 11 heteroatoms. The van der Waals surface area contributed by atoms with Crippen LogP contribution >= 0.6 is 0 Å². The van der Waals surface area contributed by atoms with Crippen molar-refractivity contribution in [2.24, 2.45) is 29.1 Å². The van der Waals surface area contributed by atoms with Crippen molar-refractivity contribution >= 4 is 35.3 Å². The number of fused-ring (bicyclic) bond motifs is 3. The van der Waals surface area contributed by atoms with Crippen LogP contribution in [0.2, 0.25) is 0 Å². The molecule has 0 aromatic rings. The molecule has 5 fully saturated rings. The Morgan fingerprint density at radius 1 is 0.915 bits per heavy atom. The normalized spacial score (nSPS) is 30.7. The first-order valence-electron chi connectivity index (χ1n) is 18.2. The predicted octanol–water partition coefficient (Wildman–Crippen LogP) is 3.56. The number of nitrogens with zero attached hydrogens (tertiary/aromatic N) is 1. The molecule has 3 saturated carbocycles. The lowest BCUT2D eigenvalue weighted by atomic mass is 9.81. The van der Waals surface area contributed by atoms with Crippen LogP contribution in [0.25, 0.3) is 0 Å². The molecule has 0 aromatic carbocycles. The van der Waals surface area contributed by atoms with E-state index in [-0.39, 0.29) is 47.3 Å². The zero-order chi connectivity index (χ0) is 33.7. The van der Waals surface area contributed by atoms with E-state index in [2.05, 4.69) is 41.7 Å². The van der Waals surface area contributed by atoms with Crippen LogP contribution in [0.5, 0.6) is 0 Å². The van der Waals surface area contributed by atoms with Gasteiger partial charge in [-0.2, -0.15) is 0 Å². The monoisotopic (exact) mass is 653 g/mol. The lowest BCUT2D eigenvalue weighted by Gasteiger charge is -2.34. The van der Waals surface area contributed by atoms with Crippen molar-refractivity contribution in [3.63, 3.8) is 0 Å². The Labute approximate surface area is 279 Å². The molecule has 0 bridgehead atoms. The van der Waals surface area contributed by atoms with Crippen LogP contribution in [0, 0.1) is 29.1 Å². The molecule has 2 saturated heterocycles. The van der Waals surface area contributed by atoms with Crippen molar-refractivity contribution in [3.05, 3.63) is 12.7 Å². The molecular weight excluding hydrogens is 598 g/mol. The molecule has 0 aromatic heterocycles. The zero-order valence-corrected chi connectivity index (χ0v) is 28.3. The Morgan fingerprint density at radius 2 is 1.53 bits per heavy atom. The molecule has 5 rings (SSSR count). The van der Waals surface area contributed by atoms with Crippen LogP contribution in [0.1, 0.15) is 110 Å². The fraction of sp³-hybridized carbons (Fsp3) is 0.778. The van der Waals surface area contributed by atoms with E-state index in [9.17, 15) is 28.8 Å². The van der Waals surface area contributed by atoms with E-state index in [1.165, 1.54) is 6.08 Å². The molecule has 0 radical (unpaired) electrons. The van der Waals surface area contributed by atoms with Crippen LogP contribution in [-0.4, -0.2) is 77.5 Å². The summed E-state index contributed by atoms with van der Waals surface area (Å²) in [5.41, 5.74) is -0.154. The molecule has 2 aliphatic heterocycles. The Balaban J connectivity index is 1.34. The Morgan fingerprint density at radius 3 is 2.19 bits per heavy atom. The molecule has 47 heavy (non-hydrogen) atoms. The predicted molar refractivity (Wildman–Crippen MR) is 177 cm³/mol. The van der Waals surface area contributed by atoms with E-state index >= 15 is 0 Å². The second-order valence-corrected chi connectivity index (χ2v) is 15.2. The Hall–Kier alpha value is -3.24. The average Bonchev–Trinajstić information content (AvgIpc) is 3.94. The van der Waals surface area contributed by atoms with E-state index in [0.29, 0.717) is 25.8 Å². The molecule has 6 atom stereocenters. The van der Waals surface area contributed by atoms with Crippen molar-refractivity contribution < 1.29 is 28.8 Å². The number of Topliss-reactive ketones (excluding diaryl/α,β-unsaturated/α-hetero) is 2. The van der Waals surface area contributed by atoms with Gasteiger partial charge in [-0.1, -0.05) is 77.7 Å².